The summed E-state index contributed by atoms with van der Waals surface area (Å²) in [5.41, 5.74) is 4.23. The Morgan fingerprint density at radius 1 is 1.24 bits per heavy atom. The van der Waals surface area contributed by atoms with Crippen molar-refractivity contribution in [3.05, 3.63) is 53.3 Å². The summed E-state index contributed by atoms with van der Waals surface area (Å²) in [7, 11) is 1.80. The molecule has 0 saturated heterocycles. The number of aromatic nitrogens is 1. The van der Waals surface area contributed by atoms with E-state index < -0.39 is 0 Å². The predicted octanol–water partition coefficient (Wildman–Crippen LogP) is 3.64. The molecule has 0 saturated carbocycles. The Morgan fingerprint density at radius 2 is 2.00 bits per heavy atom. The highest BCUT2D eigenvalue weighted by atomic mass is 16.1. The predicted molar refractivity (Wildman–Crippen MR) is 86.9 cm³/mol. The smallest absolute Gasteiger partial charge is 0.259 e. The zero-order valence-electron chi connectivity index (χ0n) is 12.7. The van der Waals surface area contributed by atoms with Crippen molar-refractivity contribution in [1.82, 2.24) is 4.98 Å². The van der Waals surface area contributed by atoms with E-state index in [1.165, 1.54) is 0 Å². The van der Waals surface area contributed by atoms with Gasteiger partial charge >= 0.3 is 0 Å². The van der Waals surface area contributed by atoms with Crippen molar-refractivity contribution >= 4 is 17.3 Å². The van der Waals surface area contributed by atoms with Crippen molar-refractivity contribution in [2.45, 2.75) is 26.7 Å². The Labute approximate surface area is 125 Å². The van der Waals surface area contributed by atoms with Gasteiger partial charge in [0.25, 0.3) is 5.91 Å². The number of hydrogen-bond donors (Lipinski definition) is 2. The number of aryl methyl sites for hydroxylation is 2. The van der Waals surface area contributed by atoms with Crippen molar-refractivity contribution in [2.75, 3.05) is 17.7 Å². The van der Waals surface area contributed by atoms with Crippen LogP contribution in [0.5, 0.6) is 0 Å². The molecule has 1 amide bonds. The van der Waals surface area contributed by atoms with Crippen molar-refractivity contribution in [3.63, 3.8) is 0 Å². The van der Waals surface area contributed by atoms with Gasteiger partial charge in [0.1, 0.15) is 0 Å². The van der Waals surface area contributed by atoms with Crippen LogP contribution in [0.1, 0.15) is 35.0 Å². The SMILES string of the molecule is CCCc1ccccc1NC(=O)c1cnc(C)cc1NC. The van der Waals surface area contributed by atoms with Gasteiger partial charge in [0.15, 0.2) is 0 Å². The molecule has 2 aromatic rings. The number of nitrogens with one attached hydrogen (secondary N) is 2. The van der Waals surface area contributed by atoms with Gasteiger partial charge in [-0.2, -0.15) is 0 Å². The minimum atomic E-state index is -0.143. The van der Waals surface area contributed by atoms with Gasteiger partial charge in [-0.15, -0.1) is 0 Å². The molecular weight excluding hydrogens is 262 g/mol. The second-order valence-electron chi connectivity index (χ2n) is 4.98. The average Bonchev–Trinajstić information content (AvgIpc) is 2.49. The topological polar surface area (TPSA) is 54.0 Å². The van der Waals surface area contributed by atoms with E-state index in [0.29, 0.717) is 5.56 Å². The Balaban J connectivity index is 2.26. The second kappa shape index (κ2) is 6.88. The lowest BCUT2D eigenvalue weighted by atomic mass is 10.1. The number of carbonyl (C=O) groups excluding carboxylic acids is 1. The minimum absolute atomic E-state index is 0.143. The van der Waals surface area contributed by atoms with Crippen molar-refractivity contribution in [1.29, 1.82) is 0 Å². The number of rotatable bonds is 5. The highest BCUT2D eigenvalue weighted by Crippen LogP contribution is 2.20. The molecule has 2 N–H and O–H groups in total. The van der Waals surface area contributed by atoms with E-state index >= 15 is 0 Å². The number of amides is 1. The zero-order chi connectivity index (χ0) is 15.2. The van der Waals surface area contributed by atoms with Crippen LogP contribution in [0.2, 0.25) is 0 Å². The number of carbonyl (C=O) groups is 1. The van der Waals surface area contributed by atoms with Gasteiger partial charge in [-0.1, -0.05) is 31.5 Å². The monoisotopic (exact) mass is 283 g/mol. The standard InChI is InChI=1S/C17H21N3O/c1-4-7-13-8-5-6-9-15(13)20-17(21)14-11-19-12(2)10-16(14)18-3/h5-6,8-11H,4,7H2,1-3H3,(H,18,19)(H,20,21). The quantitative estimate of drug-likeness (QED) is 0.881. The molecule has 0 aliphatic rings. The van der Waals surface area contributed by atoms with Crippen LogP contribution in [0.25, 0.3) is 0 Å². The molecule has 1 aromatic heterocycles. The molecule has 0 fully saturated rings. The Kier molecular flexibility index (Phi) is 4.93. The summed E-state index contributed by atoms with van der Waals surface area (Å²) in [6.07, 6.45) is 3.60. The van der Waals surface area contributed by atoms with Crippen LogP contribution in [0.4, 0.5) is 11.4 Å². The first-order chi connectivity index (χ1) is 10.2. The van der Waals surface area contributed by atoms with Gasteiger partial charge in [-0.3, -0.25) is 9.78 Å². The van der Waals surface area contributed by atoms with Crippen molar-refractivity contribution in [2.24, 2.45) is 0 Å². The fraction of sp³-hybridized carbons (Fsp3) is 0.294. The van der Waals surface area contributed by atoms with Gasteiger partial charge in [-0.25, -0.2) is 0 Å². The maximum Gasteiger partial charge on any atom is 0.259 e. The number of benzene rings is 1. The molecule has 0 bridgehead atoms. The van der Waals surface area contributed by atoms with Gasteiger partial charge in [0.05, 0.1) is 11.3 Å². The third-order valence-corrected chi connectivity index (χ3v) is 3.34. The molecule has 21 heavy (non-hydrogen) atoms. The first-order valence-electron chi connectivity index (χ1n) is 7.19. The molecule has 1 heterocycles. The summed E-state index contributed by atoms with van der Waals surface area (Å²) in [5.74, 6) is -0.143. The number of hydrogen-bond acceptors (Lipinski definition) is 3. The molecule has 4 nitrogen and oxygen atoms in total. The number of para-hydroxylation sites is 1. The fourth-order valence-corrected chi connectivity index (χ4v) is 2.27. The normalized spacial score (nSPS) is 10.2. The third kappa shape index (κ3) is 3.60. The lowest BCUT2D eigenvalue weighted by molar-refractivity contribution is 0.102. The summed E-state index contributed by atoms with van der Waals surface area (Å²) in [6.45, 7) is 4.03. The molecule has 0 radical (unpaired) electrons. The molecule has 0 atom stereocenters. The van der Waals surface area contributed by atoms with Gasteiger partial charge in [0, 0.05) is 24.6 Å². The first-order valence-corrected chi connectivity index (χ1v) is 7.19. The van der Waals surface area contributed by atoms with Crippen LogP contribution in [0, 0.1) is 6.92 Å². The number of anilines is 2. The van der Waals surface area contributed by atoms with E-state index in [2.05, 4.69) is 22.5 Å². The Bertz CT molecular complexity index is 638. The molecule has 0 unspecified atom stereocenters. The van der Waals surface area contributed by atoms with E-state index in [4.69, 9.17) is 0 Å². The van der Waals surface area contributed by atoms with E-state index in [1.54, 1.807) is 13.2 Å². The lowest BCUT2D eigenvalue weighted by Crippen LogP contribution is -2.15. The average molecular weight is 283 g/mol. The minimum Gasteiger partial charge on any atom is -0.387 e. The Morgan fingerprint density at radius 3 is 2.71 bits per heavy atom. The molecule has 2 rings (SSSR count). The van der Waals surface area contributed by atoms with Gasteiger partial charge in [-0.05, 0) is 31.0 Å². The summed E-state index contributed by atoms with van der Waals surface area (Å²) in [5, 5.41) is 6.03. The maximum absolute atomic E-state index is 12.5. The number of nitrogens with zero attached hydrogens (tertiary/aromatic N) is 1. The first kappa shape index (κ1) is 15.0. The molecule has 4 heteroatoms. The van der Waals surface area contributed by atoms with Crippen LogP contribution < -0.4 is 10.6 Å². The van der Waals surface area contributed by atoms with E-state index in [9.17, 15) is 4.79 Å². The largest absolute Gasteiger partial charge is 0.387 e. The van der Waals surface area contributed by atoms with E-state index in [1.807, 2.05) is 37.3 Å². The fourth-order valence-electron chi connectivity index (χ4n) is 2.27. The number of pyridine rings is 1. The maximum atomic E-state index is 12.5. The van der Waals surface area contributed by atoms with Crippen molar-refractivity contribution in [3.8, 4) is 0 Å². The summed E-state index contributed by atoms with van der Waals surface area (Å²) < 4.78 is 0. The van der Waals surface area contributed by atoms with E-state index in [0.717, 1.165) is 35.5 Å². The van der Waals surface area contributed by atoms with Crippen LogP contribution >= 0.6 is 0 Å². The molecule has 110 valence electrons. The van der Waals surface area contributed by atoms with E-state index in [-0.39, 0.29) is 5.91 Å². The zero-order valence-corrected chi connectivity index (χ0v) is 12.7. The Hall–Kier alpha value is -2.36. The second-order valence-corrected chi connectivity index (χ2v) is 4.98. The van der Waals surface area contributed by atoms with Gasteiger partial charge in [0.2, 0.25) is 0 Å². The molecule has 0 spiro atoms. The third-order valence-electron chi connectivity index (χ3n) is 3.34. The van der Waals surface area contributed by atoms with Crippen molar-refractivity contribution < 1.29 is 4.79 Å². The highest BCUT2D eigenvalue weighted by molar-refractivity contribution is 6.08. The van der Waals surface area contributed by atoms with Crippen LogP contribution in [-0.4, -0.2) is 17.9 Å². The highest BCUT2D eigenvalue weighted by Gasteiger charge is 2.13. The summed E-state index contributed by atoms with van der Waals surface area (Å²) in [4.78, 5) is 16.7. The van der Waals surface area contributed by atoms with Gasteiger partial charge < -0.3 is 10.6 Å². The lowest BCUT2D eigenvalue weighted by Gasteiger charge is -2.13. The summed E-state index contributed by atoms with van der Waals surface area (Å²) in [6, 6.07) is 9.77. The van der Waals surface area contributed by atoms with Crippen LogP contribution in [0.3, 0.4) is 0 Å². The molecule has 0 aliphatic carbocycles. The summed E-state index contributed by atoms with van der Waals surface area (Å²) >= 11 is 0. The van der Waals surface area contributed by atoms with Crippen LogP contribution in [-0.2, 0) is 6.42 Å². The molecule has 1 aromatic carbocycles. The molecule has 0 aliphatic heterocycles. The van der Waals surface area contributed by atoms with Crippen LogP contribution in [0.15, 0.2) is 36.5 Å². The molecular formula is C17H21N3O.